The van der Waals surface area contributed by atoms with Crippen LogP contribution in [0.4, 0.5) is 0 Å². The topological polar surface area (TPSA) is 77.3 Å². The number of ether oxygens (including phenoxy) is 1. The molecule has 1 atom stereocenters. The molecule has 0 aliphatic carbocycles. The average Bonchev–Trinajstić information content (AvgIpc) is 3.03. The van der Waals surface area contributed by atoms with Crippen molar-refractivity contribution in [1.82, 2.24) is 15.5 Å². The molecule has 6 heteroatoms. The number of benzene rings is 1. The molecule has 2 rings (SSSR count). The van der Waals surface area contributed by atoms with Crippen molar-refractivity contribution in [3.63, 3.8) is 0 Å². The number of nitrogens with zero attached hydrogens (tertiary/aromatic N) is 2. The molecular weight excluding hydrogens is 270 g/mol. The third kappa shape index (κ3) is 5.35. The zero-order valence-electron chi connectivity index (χ0n) is 12.0. The highest BCUT2D eigenvalue weighted by Gasteiger charge is 2.14. The van der Waals surface area contributed by atoms with Gasteiger partial charge in [-0.1, -0.05) is 42.4 Å². The smallest absolute Gasteiger partial charge is 0.310 e. The van der Waals surface area contributed by atoms with Crippen LogP contribution in [0.3, 0.4) is 0 Å². The fourth-order valence-electron chi connectivity index (χ4n) is 1.77. The van der Waals surface area contributed by atoms with Crippen molar-refractivity contribution in [3.8, 4) is 0 Å². The molecule has 112 valence electrons. The molecule has 1 N–H and O–H groups in total. The van der Waals surface area contributed by atoms with Crippen molar-refractivity contribution in [2.24, 2.45) is 5.92 Å². The lowest BCUT2D eigenvalue weighted by molar-refractivity contribution is -0.149. The van der Waals surface area contributed by atoms with Crippen LogP contribution in [0.25, 0.3) is 0 Å². The molecule has 6 nitrogen and oxygen atoms in total. The van der Waals surface area contributed by atoms with Crippen molar-refractivity contribution >= 4 is 5.97 Å². The Bertz CT molecular complexity index is 528. The minimum atomic E-state index is -0.204. The van der Waals surface area contributed by atoms with E-state index in [4.69, 9.17) is 9.26 Å². The van der Waals surface area contributed by atoms with Crippen molar-refractivity contribution in [2.45, 2.75) is 20.0 Å². The Balaban J connectivity index is 1.61. The summed E-state index contributed by atoms with van der Waals surface area (Å²) < 4.78 is 10.2. The highest BCUT2D eigenvalue weighted by Crippen LogP contribution is 2.04. The SMILES string of the molecule is CC(CNCCc1ncno1)C(=O)OCc1ccccc1. The van der Waals surface area contributed by atoms with Crippen LogP contribution in [0.2, 0.25) is 0 Å². The molecule has 0 aliphatic heterocycles. The summed E-state index contributed by atoms with van der Waals surface area (Å²) in [6.45, 7) is 3.39. The fourth-order valence-corrected chi connectivity index (χ4v) is 1.77. The quantitative estimate of drug-likeness (QED) is 0.587. The Morgan fingerprint density at radius 1 is 1.38 bits per heavy atom. The number of aromatic nitrogens is 2. The zero-order valence-corrected chi connectivity index (χ0v) is 12.0. The van der Waals surface area contributed by atoms with E-state index < -0.39 is 0 Å². The van der Waals surface area contributed by atoms with Crippen LogP contribution < -0.4 is 5.32 Å². The van der Waals surface area contributed by atoms with Crippen molar-refractivity contribution in [1.29, 1.82) is 0 Å². The van der Waals surface area contributed by atoms with E-state index in [2.05, 4.69) is 15.5 Å². The lowest BCUT2D eigenvalue weighted by Gasteiger charge is -2.12. The number of nitrogens with one attached hydrogen (secondary N) is 1. The molecule has 1 heterocycles. The number of carbonyl (C=O) groups is 1. The largest absolute Gasteiger partial charge is 0.461 e. The first-order valence-corrected chi connectivity index (χ1v) is 6.92. The monoisotopic (exact) mass is 289 g/mol. The summed E-state index contributed by atoms with van der Waals surface area (Å²) >= 11 is 0. The van der Waals surface area contributed by atoms with Crippen LogP contribution in [0.1, 0.15) is 18.4 Å². The molecule has 0 saturated carbocycles. The molecule has 1 aromatic heterocycles. The Morgan fingerprint density at radius 3 is 2.90 bits per heavy atom. The maximum atomic E-state index is 11.8. The second-order valence-corrected chi connectivity index (χ2v) is 4.78. The van der Waals surface area contributed by atoms with Gasteiger partial charge < -0.3 is 14.6 Å². The van der Waals surface area contributed by atoms with Crippen LogP contribution in [0.5, 0.6) is 0 Å². The Kier molecular flexibility index (Phi) is 5.90. The van der Waals surface area contributed by atoms with Crippen LogP contribution in [0, 0.1) is 5.92 Å². The van der Waals surface area contributed by atoms with E-state index in [0.717, 1.165) is 5.56 Å². The first-order chi connectivity index (χ1) is 10.3. The summed E-state index contributed by atoms with van der Waals surface area (Å²) in [4.78, 5) is 15.8. The van der Waals surface area contributed by atoms with E-state index in [1.165, 1.54) is 6.33 Å². The Hall–Kier alpha value is -2.21. The van der Waals surface area contributed by atoms with Crippen molar-refractivity contribution in [3.05, 3.63) is 48.1 Å². The van der Waals surface area contributed by atoms with E-state index >= 15 is 0 Å². The number of rotatable bonds is 8. The standard InChI is InChI=1S/C15H19N3O3/c1-12(9-16-8-7-14-17-11-18-21-14)15(19)20-10-13-5-3-2-4-6-13/h2-6,11-12,16H,7-10H2,1H3. The Morgan fingerprint density at radius 2 is 2.19 bits per heavy atom. The predicted octanol–water partition coefficient (Wildman–Crippen LogP) is 1.58. The summed E-state index contributed by atoms with van der Waals surface area (Å²) in [5.41, 5.74) is 0.988. The summed E-state index contributed by atoms with van der Waals surface area (Å²) in [5.74, 6) is 0.183. The minimum absolute atomic E-state index is 0.198. The van der Waals surface area contributed by atoms with E-state index in [1.54, 1.807) is 0 Å². The van der Waals surface area contributed by atoms with Gasteiger partial charge in [-0.15, -0.1) is 0 Å². The van der Waals surface area contributed by atoms with Gasteiger partial charge >= 0.3 is 5.97 Å². The van der Waals surface area contributed by atoms with E-state index in [9.17, 15) is 4.79 Å². The number of carbonyl (C=O) groups excluding carboxylic acids is 1. The first-order valence-electron chi connectivity index (χ1n) is 6.92. The summed E-state index contributed by atoms with van der Waals surface area (Å²) in [6.07, 6.45) is 2.02. The van der Waals surface area contributed by atoms with Crippen LogP contribution in [0.15, 0.2) is 41.2 Å². The van der Waals surface area contributed by atoms with Crippen LogP contribution >= 0.6 is 0 Å². The second-order valence-electron chi connectivity index (χ2n) is 4.78. The fraction of sp³-hybridized carbons (Fsp3) is 0.400. The van der Waals surface area contributed by atoms with Gasteiger partial charge in [0.1, 0.15) is 6.61 Å². The van der Waals surface area contributed by atoms with E-state index in [1.807, 2.05) is 37.3 Å². The van der Waals surface area contributed by atoms with Crippen molar-refractivity contribution < 1.29 is 14.1 Å². The molecule has 2 aromatic rings. The van der Waals surface area contributed by atoms with Gasteiger partial charge in [0, 0.05) is 19.5 Å². The minimum Gasteiger partial charge on any atom is -0.461 e. The van der Waals surface area contributed by atoms with Crippen LogP contribution in [-0.4, -0.2) is 29.2 Å². The van der Waals surface area contributed by atoms with Gasteiger partial charge in [0.2, 0.25) is 5.89 Å². The highest BCUT2D eigenvalue weighted by molar-refractivity contribution is 5.72. The summed E-state index contributed by atoms with van der Waals surface area (Å²) in [5, 5.41) is 6.70. The van der Waals surface area contributed by atoms with Gasteiger partial charge in [0.15, 0.2) is 6.33 Å². The third-order valence-corrected chi connectivity index (χ3v) is 3.00. The third-order valence-electron chi connectivity index (χ3n) is 3.00. The number of hydrogen-bond donors (Lipinski definition) is 1. The van der Waals surface area contributed by atoms with Gasteiger partial charge in [0.05, 0.1) is 5.92 Å². The van der Waals surface area contributed by atoms with Gasteiger partial charge in [-0.2, -0.15) is 4.98 Å². The van der Waals surface area contributed by atoms with Gasteiger partial charge in [-0.25, -0.2) is 0 Å². The number of hydrogen-bond acceptors (Lipinski definition) is 6. The molecule has 0 bridgehead atoms. The van der Waals surface area contributed by atoms with Gasteiger partial charge in [-0.05, 0) is 5.56 Å². The first kappa shape index (κ1) is 15.2. The summed E-state index contributed by atoms with van der Waals surface area (Å²) in [6, 6.07) is 9.64. The lowest BCUT2D eigenvalue weighted by Crippen LogP contribution is -2.29. The second kappa shape index (κ2) is 8.16. The highest BCUT2D eigenvalue weighted by atomic mass is 16.5. The van der Waals surface area contributed by atoms with Gasteiger partial charge in [0.25, 0.3) is 0 Å². The summed E-state index contributed by atoms with van der Waals surface area (Å²) in [7, 11) is 0. The molecule has 21 heavy (non-hydrogen) atoms. The normalized spacial score (nSPS) is 12.0. The molecule has 0 saturated heterocycles. The zero-order chi connectivity index (χ0) is 14.9. The van der Waals surface area contributed by atoms with Gasteiger partial charge in [-0.3, -0.25) is 4.79 Å². The molecule has 0 radical (unpaired) electrons. The molecule has 0 spiro atoms. The molecule has 0 aliphatic rings. The molecule has 1 aromatic carbocycles. The van der Waals surface area contributed by atoms with Crippen molar-refractivity contribution in [2.75, 3.05) is 13.1 Å². The number of esters is 1. The lowest BCUT2D eigenvalue weighted by atomic mass is 10.2. The molecular formula is C15H19N3O3. The Labute approximate surface area is 123 Å². The molecule has 1 unspecified atom stereocenters. The maximum absolute atomic E-state index is 11.8. The average molecular weight is 289 g/mol. The van der Waals surface area contributed by atoms with Crippen LogP contribution in [-0.2, 0) is 22.6 Å². The van der Waals surface area contributed by atoms with E-state index in [0.29, 0.717) is 32.0 Å². The maximum Gasteiger partial charge on any atom is 0.310 e. The molecule has 0 fully saturated rings. The molecule has 0 amide bonds. The predicted molar refractivity (Wildman–Crippen MR) is 76.3 cm³/mol. The van der Waals surface area contributed by atoms with E-state index in [-0.39, 0.29) is 11.9 Å².